The number of fused-ring (bicyclic) bond motifs is 3. The standard InChI is InChI=1S/C20H14F3N3O2/c1-8-17(10-4-14(22)16(24)6-13(10)21)15(23)5-11-18(8)26(9-2-3-9)20(27)12-7-25-28-19(11)12/h4-7,9H,2-3,24H2,1H3. The number of benzene rings is 2. The number of pyridine rings is 1. The molecule has 0 radical (unpaired) electrons. The topological polar surface area (TPSA) is 74.1 Å². The molecule has 0 aliphatic heterocycles. The minimum absolute atomic E-state index is 0.0284. The first kappa shape index (κ1) is 16.9. The zero-order valence-electron chi connectivity index (χ0n) is 14.7. The van der Waals surface area contributed by atoms with Crippen LogP contribution >= 0.6 is 0 Å². The Kier molecular flexibility index (Phi) is 3.37. The van der Waals surface area contributed by atoms with Crippen molar-refractivity contribution in [1.82, 2.24) is 9.72 Å². The lowest BCUT2D eigenvalue weighted by atomic mass is 9.95. The molecule has 0 spiro atoms. The van der Waals surface area contributed by atoms with Crippen molar-refractivity contribution in [3.63, 3.8) is 0 Å². The third-order valence-corrected chi connectivity index (χ3v) is 5.27. The fourth-order valence-corrected chi connectivity index (χ4v) is 3.83. The first-order chi connectivity index (χ1) is 13.4. The van der Waals surface area contributed by atoms with E-state index in [4.69, 9.17) is 10.3 Å². The van der Waals surface area contributed by atoms with Crippen LogP contribution in [0.2, 0.25) is 0 Å². The molecule has 28 heavy (non-hydrogen) atoms. The molecule has 4 aromatic rings. The fourth-order valence-electron chi connectivity index (χ4n) is 3.83. The molecule has 5 rings (SSSR count). The van der Waals surface area contributed by atoms with Crippen molar-refractivity contribution < 1.29 is 17.7 Å². The van der Waals surface area contributed by atoms with E-state index in [9.17, 15) is 13.6 Å². The molecule has 5 nitrogen and oxygen atoms in total. The Morgan fingerprint density at radius 2 is 1.86 bits per heavy atom. The van der Waals surface area contributed by atoms with Crippen molar-refractivity contribution in [2.24, 2.45) is 0 Å². The van der Waals surface area contributed by atoms with Crippen molar-refractivity contribution in [3.8, 4) is 11.1 Å². The summed E-state index contributed by atoms with van der Waals surface area (Å²) in [7, 11) is 0. The van der Waals surface area contributed by atoms with Crippen LogP contribution in [0.3, 0.4) is 0 Å². The Bertz CT molecular complexity index is 1350. The molecular weight excluding hydrogens is 371 g/mol. The van der Waals surface area contributed by atoms with Gasteiger partial charge in [0.05, 0.1) is 17.4 Å². The van der Waals surface area contributed by atoms with Crippen LogP contribution < -0.4 is 11.3 Å². The predicted octanol–water partition coefficient (Wildman–Crippen LogP) is 4.45. The maximum absolute atomic E-state index is 15.1. The number of aromatic nitrogens is 2. The first-order valence-corrected chi connectivity index (χ1v) is 8.75. The fraction of sp³-hybridized carbons (Fsp3) is 0.200. The highest BCUT2D eigenvalue weighted by molar-refractivity contribution is 6.05. The summed E-state index contributed by atoms with van der Waals surface area (Å²) >= 11 is 0. The summed E-state index contributed by atoms with van der Waals surface area (Å²) in [5.41, 5.74) is 5.31. The maximum Gasteiger partial charge on any atom is 0.264 e. The van der Waals surface area contributed by atoms with Crippen LogP contribution in [0.4, 0.5) is 18.9 Å². The molecule has 1 fully saturated rings. The lowest BCUT2D eigenvalue weighted by Gasteiger charge is -2.17. The number of nitrogen functional groups attached to an aromatic ring is 1. The van der Waals surface area contributed by atoms with E-state index in [-0.39, 0.29) is 39.4 Å². The molecule has 0 amide bonds. The summed E-state index contributed by atoms with van der Waals surface area (Å²) < 4.78 is 50.4. The molecule has 8 heteroatoms. The zero-order chi connectivity index (χ0) is 19.7. The quantitative estimate of drug-likeness (QED) is 0.517. The normalized spacial score (nSPS) is 14.3. The van der Waals surface area contributed by atoms with Gasteiger partial charge in [-0.2, -0.15) is 0 Å². The Balaban J connectivity index is 1.96. The summed E-state index contributed by atoms with van der Waals surface area (Å²) in [6, 6.07) is 2.84. The second kappa shape index (κ2) is 5.60. The largest absolute Gasteiger partial charge is 0.396 e. The number of hydrogen-bond acceptors (Lipinski definition) is 4. The predicted molar refractivity (Wildman–Crippen MR) is 98.5 cm³/mol. The minimum Gasteiger partial charge on any atom is -0.396 e. The zero-order valence-corrected chi connectivity index (χ0v) is 14.7. The van der Waals surface area contributed by atoms with Crippen molar-refractivity contribution in [2.75, 3.05) is 5.73 Å². The summed E-state index contributed by atoms with van der Waals surface area (Å²) in [6.07, 6.45) is 2.93. The van der Waals surface area contributed by atoms with Gasteiger partial charge in [0.15, 0.2) is 5.58 Å². The molecule has 0 bridgehead atoms. The Hall–Kier alpha value is -3.29. The molecule has 0 saturated heterocycles. The molecule has 2 N–H and O–H groups in total. The van der Waals surface area contributed by atoms with Gasteiger partial charge < -0.3 is 14.8 Å². The Morgan fingerprint density at radius 3 is 2.57 bits per heavy atom. The number of nitrogens with zero attached hydrogens (tertiary/aromatic N) is 2. The van der Waals surface area contributed by atoms with E-state index in [1.165, 1.54) is 12.3 Å². The number of halogens is 3. The highest BCUT2D eigenvalue weighted by Gasteiger charge is 2.30. The smallest absolute Gasteiger partial charge is 0.264 e. The van der Waals surface area contributed by atoms with Crippen molar-refractivity contribution in [3.05, 3.63) is 57.8 Å². The van der Waals surface area contributed by atoms with Gasteiger partial charge >= 0.3 is 0 Å². The lowest BCUT2D eigenvalue weighted by Crippen LogP contribution is -2.20. The van der Waals surface area contributed by atoms with Crippen molar-refractivity contribution in [2.45, 2.75) is 25.8 Å². The van der Waals surface area contributed by atoms with Gasteiger partial charge in [-0.25, -0.2) is 13.2 Å². The molecule has 142 valence electrons. The number of nitrogens with two attached hydrogens (primary N) is 1. The van der Waals surface area contributed by atoms with Crippen LogP contribution in [0.5, 0.6) is 0 Å². The molecular formula is C20H14F3N3O2. The first-order valence-electron chi connectivity index (χ1n) is 8.75. The minimum atomic E-state index is -0.847. The van der Waals surface area contributed by atoms with E-state index in [1.807, 2.05) is 0 Å². The second-order valence-electron chi connectivity index (χ2n) is 7.08. The molecule has 1 aliphatic rings. The van der Waals surface area contributed by atoms with Gasteiger partial charge in [0.25, 0.3) is 5.56 Å². The van der Waals surface area contributed by atoms with E-state index in [0.29, 0.717) is 16.5 Å². The number of anilines is 1. The molecule has 2 aromatic carbocycles. The molecule has 1 saturated carbocycles. The average molecular weight is 385 g/mol. The SMILES string of the molecule is Cc1c(-c2cc(F)c(N)cc2F)c(F)cc2c3oncc3c(=O)n(C3CC3)c12. The van der Waals surface area contributed by atoms with Crippen LogP contribution in [0.25, 0.3) is 33.0 Å². The third kappa shape index (κ3) is 2.20. The van der Waals surface area contributed by atoms with E-state index < -0.39 is 17.5 Å². The van der Waals surface area contributed by atoms with Gasteiger partial charge in [-0.05, 0) is 37.5 Å². The summed E-state index contributed by atoms with van der Waals surface area (Å²) in [6.45, 7) is 1.58. The Morgan fingerprint density at radius 1 is 1.11 bits per heavy atom. The van der Waals surface area contributed by atoms with Crippen molar-refractivity contribution >= 4 is 27.6 Å². The maximum atomic E-state index is 15.1. The third-order valence-electron chi connectivity index (χ3n) is 5.27. The van der Waals surface area contributed by atoms with E-state index in [1.54, 1.807) is 11.5 Å². The average Bonchev–Trinajstić information content (AvgIpc) is 3.35. The van der Waals surface area contributed by atoms with E-state index >= 15 is 4.39 Å². The lowest BCUT2D eigenvalue weighted by molar-refractivity contribution is 0.458. The number of hydrogen-bond donors (Lipinski definition) is 1. The molecule has 0 unspecified atom stereocenters. The summed E-state index contributed by atoms with van der Waals surface area (Å²) in [5.74, 6) is -2.45. The highest BCUT2D eigenvalue weighted by atomic mass is 19.1. The highest BCUT2D eigenvalue weighted by Crippen LogP contribution is 2.41. The van der Waals surface area contributed by atoms with Gasteiger partial charge in [0.2, 0.25) is 0 Å². The molecule has 2 aromatic heterocycles. The number of aryl methyl sites for hydroxylation is 1. The van der Waals surface area contributed by atoms with Crippen LogP contribution in [0, 0.1) is 24.4 Å². The van der Waals surface area contributed by atoms with Gasteiger partial charge in [-0.3, -0.25) is 4.79 Å². The van der Waals surface area contributed by atoms with Crippen LogP contribution in [-0.4, -0.2) is 9.72 Å². The second-order valence-corrected chi connectivity index (χ2v) is 7.08. The van der Waals surface area contributed by atoms with Crippen molar-refractivity contribution in [1.29, 1.82) is 0 Å². The summed E-state index contributed by atoms with van der Waals surface area (Å²) in [5, 5.41) is 4.30. The molecule has 1 aliphatic carbocycles. The monoisotopic (exact) mass is 385 g/mol. The number of rotatable bonds is 2. The molecule has 2 heterocycles. The van der Waals surface area contributed by atoms with Crippen LogP contribution in [-0.2, 0) is 0 Å². The van der Waals surface area contributed by atoms with Gasteiger partial charge in [-0.1, -0.05) is 5.16 Å². The van der Waals surface area contributed by atoms with E-state index in [2.05, 4.69) is 5.16 Å². The molecule has 0 atom stereocenters. The van der Waals surface area contributed by atoms with Gasteiger partial charge in [0, 0.05) is 28.6 Å². The Labute approximate surface area is 156 Å². The van der Waals surface area contributed by atoms with Gasteiger partial charge in [0.1, 0.15) is 22.8 Å². The van der Waals surface area contributed by atoms with E-state index in [0.717, 1.165) is 25.0 Å². The summed E-state index contributed by atoms with van der Waals surface area (Å²) in [4.78, 5) is 13.0. The van der Waals surface area contributed by atoms with Crippen LogP contribution in [0.1, 0.15) is 24.4 Å². The van der Waals surface area contributed by atoms with Gasteiger partial charge in [-0.15, -0.1) is 0 Å². The van der Waals surface area contributed by atoms with Crippen LogP contribution in [0.15, 0.2) is 33.7 Å².